The topological polar surface area (TPSA) is 35.7 Å². The van der Waals surface area contributed by atoms with Gasteiger partial charge in [0.15, 0.2) is 0 Å². The SMILES string of the molecule is CN1CCCCC1CCN1CCCN(CCCN)CC1. The second kappa shape index (κ2) is 8.98. The molecule has 0 bridgehead atoms. The maximum atomic E-state index is 5.61. The van der Waals surface area contributed by atoms with Gasteiger partial charge < -0.3 is 20.4 Å². The summed E-state index contributed by atoms with van der Waals surface area (Å²) in [7, 11) is 2.31. The number of piperidine rings is 1. The van der Waals surface area contributed by atoms with Crippen LogP contribution in [0.3, 0.4) is 0 Å². The van der Waals surface area contributed by atoms with Gasteiger partial charge >= 0.3 is 0 Å². The standard InChI is InChI=1S/C16H34N4/c1-18-9-3-2-6-16(18)7-13-20-12-5-11-19(14-15-20)10-4-8-17/h16H,2-15,17H2,1H3. The minimum atomic E-state index is 0.828. The summed E-state index contributed by atoms with van der Waals surface area (Å²) in [4.78, 5) is 7.86. The van der Waals surface area contributed by atoms with Gasteiger partial charge in [0, 0.05) is 19.1 Å². The van der Waals surface area contributed by atoms with E-state index < -0.39 is 0 Å². The van der Waals surface area contributed by atoms with Crippen LogP contribution < -0.4 is 5.73 Å². The van der Waals surface area contributed by atoms with E-state index >= 15 is 0 Å². The van der Waals surface area contributed by atoms with E-state index in [-0.39, 0.29) is 0 Å². The van der Waals surface area contributed by atoms with Gasteiger partial charge in [-0.05, 0) is 78.4 Å². The zero-order valence-electron chi connectivity index (χ0n) is 13.4. The molecule has 4 nitrogen and oxygen atoms in total. The van der Waals surface area contributed by atoms with Crippen molar-refractivity contribution in [2.45, 2.75) is 44.6 Å². The summed E-state index contributed by atoms with van der Waals surface area (Å²) in [5, 5.41) is 0. The minimum absolute atomic E-state index is 0.828. The van der Waals surface area contributed by atoms with Gasteiger partial charge in [-0.1, -0.05) is 6.42 Å². The third-order valence-electron chi connectivity index (χ3n) is 5.06. The van der Waals surface area contributed by atoms with Crippen LogP contribution >= 0.6 is 0 Å². The predicted molar refractivity (Wildman–Crippen MR) is 86.1 cm³/mol. The summed E-state index contributed by atoms with van der Waals surface area (Å²) in [6.45, 7) is 9.65. The molecule has 0 aromatic rings. The van der Waals surface area contributed by atoms with Crippen molar-refractivity contribution >= 4 is 0 Å². The Bertz CT molecular complexity index is 259. The fourth-order valence-electron chi connectivity index (χ4n) is 3.63. The van der Waals surface area contributed by atoms with Gasteiger partial charge in [0.25, 0.3) is 0 Å². The van der Waals surface area contributed by atoms with Crippen molar-refractivity contribution < 1.29 is 0 Å². The molecule has 2 heterocycles. The molecule has 4 heteroatoms. The van der Waals surface area contributed by atoms with Crippen molar-refractivity contribution in [1.82, 2.24) is 14.7 Å². The Hall–Kier alpha value is -0.160. The van der Waals surface area contributed by atoms with E-state index in [4.69, 9.17) is 5.73 Å². The maximum Gasteiger partial charge on any atom is 0.0109 e. The summed E-state index contributed by atoms with van der Waals surface area (Å²) >= 11 is 0. The normalized spacial score (nSPS) is 27.6. The van der Waals surface area contributed by atoms with Gasteiger partial charge in [-0.15, -0.1) is 0 Å². The van der Waals surface area contributed by atoms with E-state index in [2.05, 4.69) is 21.7 Å². The number of nitrogens with zero attached hydrogens (tertiary/aromatic N) is 3. The van der Waals surface area contributed by atoms with Crippen molar-refractivity contribution in [3.8, 4) is 0 Å². The van der Waals surface area contributed by atoms with Crippen molar-refractivity contribution in [3.63, 3.8) is 0 Å². The first-order chi connectivity index (χ1) is 9.79. The van der Waals surface area contributed by atoms with Gasteiger partial charge in [-0.25, -0.2) is 0 Å². The van der Waals surface area contributed by atoms with Crippen LogP contribution in [0.4, 0.5) is 0 Å². The lowest BCUT2D eigenvalue weighted by molar-refractivity contribution is 0.154. The highest BCUT2D eigenvalue weighted by atomic mass is 15.2. The summed E-state index contributed by atoms with van der Waals surface area (Å²) < 4.78 is 0. The van der Waals surface area contributed by atoms with E-state index in [1.54, 1.807) is 0 Å². The van der Waals surface area contributed by atoms with E-state index in [1.807, 2.05) is 0 Å². The third-order valence-corrected chi connectivity index (χ3v) is 5.06. The highest BCUT2D eigenvalue weighted by Gasteiger charge is 2.20. The number of likely N-dealkylation sites (tertiary alicyclic amines) is 1. The Labute approximate surface area is 125 Å². The molecule has 20 heavy (non-hydrogen) atoms. The number of nitrogens with two attached hydrogens (primary N) is 1. The van der Waals surface area contributed by atoms with E-state index in [0.717, 1.165) is 19.0 Å². The molecule has 118 valence electrons. The lowest BCUT2D eigenvalue weighted by Crippen LogP contribution is -2.39. The predicted octanol–water partition coefficient (Wildman–Crippen LogP) is 1.22. The molecule has 0 radical (unpaired) electrons. The van der Waals surface area contributed by atoms with Crippen LogP contribution in [0.15, 0.2) is 0 Å². The van der Waals surface area contributed by atoms with Gasteiger partial charge in [0.05, 0.1) is 0 Å². The zero-order chi connectivity index (χ0) is 14.2. The highest BCUT2D eigenvalue weighted by Crippen LogP contribution is 2.18. The molecule has 2 fully saturated rings. The first kappa shape index (κ1) is 16.2. The maximum absolute atomic E-state index is 5.61. The summed E-state index contributed by atoms with van der Waals surface area (Å²) in [5.74, 6) is 0. The van der Waals surface area contributed by atoms with Gasteiger partial charge in [0.2, 0.25) is 0 Å². The van der Waals surface area contributed by atoms with Crippen LogP contribution in [-0.4, -0.2) is 80.1 Å². The summed E-state index contributed by atoms with van der Waals surface area (Å²) in [5.41, 5.74) is 5.61. The zero-order valence-corrected chi connectivity index (χ0v) is 13.4. The molecule has 0 aromatic carbocycles. The van der Waals surface area contributed by atoms with Crippen molar-refractivity contribution in [1.29, 1.82) is 0 Å². The summed E-state index contributed by atoms with van der Waals surface area (Å²) in [6, 6.07) is 0.834. The number of hydrogen-bond donors (Lipinski definition) is 1. The van der Waals surface area contributed by atoms with Crippen LogP contribution in [0.2, 0.25) is 0 Å². The summed E-state index contributed by atoms with van der Waals surface area (Å²) in [6.07, 6.45) is 8.07. The first-order valence-electron chi connectivity index (χ1n) is 8.64. The van der Waals surface area contributed by atoms with Gasteiger partial charge in [-0.2, -0.15) is 0 Å². The number of rotatable bonds is 6. The van der Waals surface area contributed by atoms with Gasteiger partial charge in [0.1, 0.15) is 0 Å². The molecular formula is C16H34N4. The Balaban J connectivity index is 1.66. The highest BCUT2D eigenvalue weighted by molar-refractivity contribution is 4.77. The van der Waals surface area contributed by atoms with E-state index in [1.165, 1.54) is 77.9 Å². The lowest BCUT2D eigenvalue weighted by atomic mass is 10.00. The average Bonchev–Trinajstić information content (AvgIpc) is 2.69. The molecule has 0 amide bonds. The van der Waals surface area contributed by atoms with Crippen molar-refractivity contribution in [3.05, 3.63) is 0 Å². The minimum Gasteiger partial charge on any atom is -0.330 e. The van der Waals surface area contributed by atoms with Crippen molar-refractivity contribution in [2.75, 3.05) is 59.4 Å². The molecule has 2 aliphatic heterocycles. The largest absolute Gasteiger partial charge is 0.330 e. The molecule has 0 spiro atoms. The quantitative estimate of drug-likeness (QED) is 0.794. The Morgan fingerprint density at radius 3 is 2.35 bits per heavy atom. The number of hydrogen-bond acceptors (Lipinski definition) is 4. The van der Waals surface area contributed by atoms with E-state index in [9.17, 15) is 0 Å². The molecule has 2 saturated heterocycles. The first-order valence-corrected chi connectivity index (χ1v) is 8.64. The monoisotopic (exact) mass is 282 g/mol. The molecule has 2 rings (SSSR count). The average molecular weight is 282 g/mol. The second-order valence-electron chi connectivity index (χ2n) is 6.60. The lowest BCUT2D eigenvalue weighted by Gasteiger charge is -2.34. The van der Waals surface area contributed by atoms with Crippen LogP contribution in [0, 0.1) is 0 Å². The fraction of sp³-hybridized carbons (Fsp3) is 1.00. The van der Waals surface area contributed by atoms with Crippen LogP contribution in [-0.2, 0) is 0 Å². The Morgan fingerprint density at radius 2 is 1.65 bits per heavy atom. The fourth-order valence-corrected chi connectivity index (χ4v) is 3.63. The van der Waals surface area contributed by atoms with Gasteiger partial charge in [-0.3, -0.25) is 0 Å². The smallest absolute Gasteiger partial charge is 0.0109 e. The second-order valence-corrected chi connectivity index (χ2v) is 6.60. The van der Waals surface area contributed by atoms with E-state index in [0.29, 0.717) is 0 Å². The molecule has 1 unspecified atom stereocenters. The van der Waals surface area contributed by atoms with Crippen LogP contribution in [0.25, 0.3) is 0 Å². The van der Waals surface area contributed by atoms with Crippen LogP contribution in [0.1, 0.15) is 38.5 Å². The van der Waals surface area contributed by atoms with Crippen molar-refractivity contribution in [2.24, 2.45) is 5.73 Å². The Morgan fingerprint density at radius 1 is 0.900 bits per heavy atom. The molecule has 1 atom stereocenters. The molecule has 0 aromatic heterocycles. The molecule has 0 aliphatic carbocycles. The molecule has 0 saturated carbocycles. The Kier molecular flexibility index (Phi) is 7.28. The molecule has 2 N–H and O–H groups in total. The molecule has 2 aliphatic rings. The molecular weight excluding hydrogens is 248 g/mol. The third kappa shape index (κ3) is 5.32. The van der Waals surface area contributed by atoms with Crippen LogP contribution in [0.5, 0.6) is 0 Å².